The quantitative estimate of drug-likeness (QED) is 0.866. The summed E-state index contributed by atoms with van der Waals surface area (Å²) in [5, 5.41) is 9.12. The van der Waals surface area contributed by atoms with Gasteiger partial charge in [-0.1, -0.05) is 0 Å². The number of hydrogen-bond donors (Lipinski definition) is 2. The first-order valence-electron chi connectivity index (χ1n) is 7.28. The summed E-state index contributed by atoms with van der Waals surface area (Å²) < 4.78 is 29.1. The molecule has 1 aliphatic heterocycles. The Morgan fingerprint density at radius 1 is 1.43 bits per heavy atom. The third kappa shape index (κ3) is 4.04. The molecule has 0 aromatic carbocycles. The van der Waals surface area contributed by atoms with Gasteiger partial charge in [-0.3, -0.25) is 0 Å². The van der Waals surface area contributed by atoms with Crippen molar-refractivity contribution in [2.24, 2.45) is 5.92 Å². The highest BCUT2D eigenvalue weighted by Gasteiger charge is 2.29. The number of nitrogens with zero attached hydrogens (tertiary/aromatic N) is 1. The molecule has 120 valence electrons. The Hall–Kier alpha value is -0.470. The van der Waals surface area contributed by atoms with Crippen LogP contribution in [0.4, 0.5) is 0 Å². The SMILES string of the molecule is Cc1cc(C(C)NS(=O)(=O)N2CCC(CO)CC2)c(C)s1. The summed E-state index contributed by atoms with van der Waals surface area (Å²) in [6.07, 6.45) is 1.45. The van der Waals surface area contributed by atoms with E-state index in [2.05, 4.69) is 4.72 Å². The van der Waals surface area contributed by atoms with Crippen LogP contribution < -0.4 is 4.72 Å². The number of nitrogens with one attached hydrogen (secondary N) is 1. The molecule has 2 N–H and O–H groups in total. The Morgan fingerprint density at radius 2 is 2.05 bits per heavy atom. The van der Waals surface area contributed by atoms with Crippen LogP contribution >= 0.6 is 11.3 Å². The van der Waals surface area contributed by atoms with Gasteiger partial charge in [0.2, 0.25) is 0 Å². The molecule has 1 aromatic heterocycles. The standard InChI is InChI=1S/C14H24N2O3S2/c1-10-8-14(12(3)20-10)11(2)15-21(18,19)16-6-4-13(9-17)5-7-16/h8,11,13,15,17H,4-7,9H2,1-3H3. The number of hydrogen-bond acceptors (Lipinski definition) is 4. The lowest BCUT2D eigenvalue weighted by Gasteiger charge is -2.31. The molecule has 0 bridgehead atoms. The summed E-state index contributed by atoms with van der Waals surface area (Å²) in [5.74, 6) is 0.232. The lowest BCUT2D eigenvalue weighted by Crippen LogP contribution is -2.46. The van der Waals surface area contributed by atoms with Crippen molar-refractivity contribution in [2.45, 2.75) is 39.7 Å². The van der Waals surface area contributed by atoms with E-state index in [1.54, 1.807) is 11.3 Å². The Morgan fingerprint density at radius 3 is 2.52 bits per heavy atom. The molecule has 1 atom stereocenters. The van der Waals surface area contributed by atoms with E-state index in [-0.39, 0.29) is 18.6 Å². The van der Waals surface area contributed by atoms with Crippen LogP contribution in [0.3, 0.4) is 0 Å². The van der Waals surface area contributed by atoms with Crippen LogP contribution in [0.2, 0.25) is 0 Å². The molecule has 0 spiro atoms. The maximum atomic E-state index is 12.4. The fourth-order valence-corrected chi connectivity index (χ4v) is 5.21. The number of thiophene rings is 1. The van der Waals surface area contributed by atoms with Gasteiger partial charge in [0, 0.05) is 35.5 Å². The summed E-state index contributed by atoms with van der Waals surface area (Å²) in [5.41, 5.74) is 1.05. The molecule has 5 nitrogen and oxygen atoms in total. The van der Waals surface area contributed by atoms with Gasteiger partial charge in [-0.05, 0) is 51.2 Å². The van der Waals surface area contributed by atoms with E-state index in [0.717, 1.165) is 23.3 Å². The third-order valence-corrected chi connectivity index (χ3v) is 6.72. The van der Waals surface area contributed by atoms with Crippen LogP contribution in [0.1, 0.15) is 41.1 Å². The number of aliphatic hydroxyl groups excluding tert-OH is 1. The minimum atomic E-state index is -3.46. The van der Waals surface area contributed by atoms with E-state index >= 15 is 0 Å². The molecule has 0 amide bonds. The van der Waals surface area contributed by atoms with E-state index < -0.39 is 10.2 Å². The zero-order chi connectivity index (χ0) is 15.6. The third-order valence-electron chi connectivity index (χ3n) is 4.04. The van der Waals surface area contributed by atoms with Crippen molar-refractivity contribution in [1.29, 1.82) is 0 Å². The van der Waals surface area contributed by atoms with Crippen LogP contribution in [-0.2, 0) is 10.2 Å². The fraction of sp³-hybridized carbons (Fsp3) is 0.714. The van der Waals surface area contributed by atoms with Crippen LogP contribution in [-0.4, -0.2) is 37.5 Å². The van der Waals surface area contributed by atoms with Crippen molar-refractivity contribution in [3.05, 3.63) is 21.4 Å². The molecule has 0 radical (unpaired) electrons. The van der Waals surface area contributed by atoms with Crippen molar-refractivity contribution in [1.82, 2.24) is 9.03 Å². The maximum absolute atomic E-state index is 12.4. The van der Waals surface area contributed by atoms with Gasteiger partial charge in [0.25, 0.3) is 10.2 Å². The molecule has 1 aliphatic rings. The normalized spacial score (nSPS) is 19.8. The van der Waals surface area contributed by atoms with Gasteiger partial charge >= 0.3 is 0 Å². The molecule has 2 heterocycles. The molecule has 1 saturated heterocycles. The molecule has 1 fully saturated rings. The monoisotopic (exact) mass is 332 g/mol. The highest BCUT2D eigenvalue weighted by Crippen LogP contribution is 2.27. The lowest BCUT2D eigenvalue weighted by atomic mass is 10.00. The van der Waals surface area contributed by atoms with Crippen molar-refractivity contribution in [3.63, 3.8) is 0 Å². The first-order valence-corrected chi connectivity index (χ1v) is 9.54. The van der Waals surface area contributed by atoms with Gasteiger partial charge in [-0.25, -0.2) is 0 Å². The van der Waals surface area contributed by atoms with E-state index in [4.69, 9.17) is 5.11 Å². The Bertz CT molecular complexity index is 575. The topological polar surface area (TPSA) is 69.6 Å². The van der Waals surface area contributed by atoms with Gasteiger partial charge < -0.3 is 5.11 Å². The van der Waals surface area contributed by atoms with Crippen LogP contribution in [0.25, 0.3) is 0 Å². The average molecular weight is 332 g/mol. The summed E-state index contributed by atoms with van der Waals surface area (Å²) in [6.45, 7) is 7.04. The highest BCUT2D eigenvalue weighted by molar-refractivity contribution is 7.87. The first kappa shape index (κ1) is 16.9. The number of aliphatic hydroxyl groups is 1. The minimum absolute atomic E-state index is 0.144. The van der Waals surface area contributed by atoms with Crippen LogP contribution in [0, 0.1) is 19.8 Å². The van der Waals surface area contributed by atoms with E-state index in [1.165, 1.54) is 9.18 Å². The van der Waals surface area contributed by atoms with Gasteiger partial charge in [0.15, 0.2) is 0 Å². The summed E-state index contributed by atoms with van der Waals surface area (Å²) in [6, 6.07) is 1.82. The Balaban J connectivity index is 2.02. The smallest absolute Gasteiger partial charge is 0.279 e. The summed E-state index contributed by atoms with van der Waals surface area (Å²) in [7, 11) is -3.46. The predicted octanol–water partition coefficient (Wildman–Crippen LogP) is 1.96. The van der Waals surface area contributed by atoms with Crippen LogP contribution in [0.15, 0.2) is 6.07 Å². The number of aryl methyl sites for hydroxylation is 2. The lowest BCUT2D eigenvalue weighted by molar-refractivity contribution is 0.169. The highest BCUT2D eigenvalue weighted by atomic mass is 32.2. The van der Waals surface area contributed by atoms with Gasteiger partial charge in [0.1, 0.15) is 0 Å². The van der Waals surface area contributed by atoms with E-state index in [0.29, 0.717) is 13.1 Å². The molecular weight excluding hydrogens is 308 g/mol. The molecule has 0 saturated carbocycles. The molecule has 0 aliphatic carbocycles. The average Bonchev–Trinajstić information content (AvgIpc) is 2.77. The first-order chi connectivity index (χ1) is 9.83. The van der Waals surface area contributed by atoms with E-state index in [1.807, 2.05) is 26.8 Å². The largest absolute Gasteiger partial charge is 0.396 e. The van der Waals surface area contributed by atoms with Gasteiger partial charge in [0.05, 0.1) is 0 Å². The second kappa shape index (κ2) is 6.75. The maximum Gasteiger partial charge on any atom is 0.279 e. The van der Waals surface area contributed by atoms with Crippen molar-refractivity contribution in [2.75, 3.05) is 19.7 Å². The van der Waals surface area contributed by atoms with Crippen molar-refractivity contribution < 1.29 is 13.5 Å². The van der Waals surface area contributed by atoms with Crippen molar-refractivity contribution in [3.8, 4) is 0 Å². The molecule has 7 heteroatoms. The van der Waals surface area contributed by atoms with Gasteiger partial charge in [-0.15, -0.1) is 11.3 Å². The number of rotatable bonds is 5. The zero-order valence-corrected chi connectivity index (χ0v) is 14.4. The number of piperidine rings is 1. The second-order valence-corrected chi connectivity index (χ2v) is 8.90. The van der Waals surface area contributed by atoms with Gasteiger partial charge in [-0.2, -0.15) is 17.4 Å². The summed E-state index contributed by atoms with van der Waals surface area (Å²) in [4.78, 5) is 2.35. The molecule has 21 heavy (non-hydrogen) atoms. The Labute approximate surface area is 131 Å². The molecule has 2 rings (SSSR count). The molecular formula is C14H24N2O3S2. The second-order valence-electron chi connectivity index (χ2n) is 5.74. The minimum Gasteiger partial charge on any atom is -0.396 e. The Kier molecular flexibility index (Phi) is 5.43. The molecule has 1 aromatic rings. The van der Waals surface area contributed by atoms with Crippen LogP contribution in [0.5, 0.6) is 0 Å². The summed E-state index contributed by atoms with van der Waals surface area (Å²) >= 11 is 1.69. The fourth-order valence-electron chi connectivity index (χ4n) is 2.77. The van der Waals surface area contributed by atoms with E-state index in [9.17, 15) is 8.42 Å². The molecule has 1 unspecified atom stereocenters. The predicted molar refractivity (Wildman–Crippen MR) is 85.6 cm³/mol. The van der Waals surface area contributed by atoms with Crippen molar-refractivity contribution >= 4 is 21.5 Å². The zero-order valence-electron chi connectivity index (χ0n) is 12.8.